The van der Waals surface area contributed by atoms with Gasteiger partial charge in [-0.15, -0.1) is 0 Å². The SMILES string of the molecule is C=N/C=c1/c(CCNC(=O)c2ncoc2-c2ccc(OC)c(C)c2)ccc/c1=C(/C)F. The number of aromatic nitrogens is 1. The molecule has 1 heterocycles. The van der Waals surface area contributed by atoms with E-state index in [1.165, 1.54) is 19.5 Å². The van der Waals surface area contributed by atoms with E-state index in [0.717, 1.165) is 22.4 Å². The van der Waals surface area contributed by atoms with Crippen molar-refractivity contribution in [3.8, 4) is 17.1 Å². The average molecular weight is 421 g/mol. The summed E-state index contributed by atoms with van der Waals surface area (Å²) < 4.78 is 24.6. The number of oxazole rings is 1. The molecule has 0 radical (unpaired) electrons. The van der Waals surface area contributed by atoms with Crippen LogP contribution in [0.3, 0.4) is 0 Å². The van der Waals surface area contributed by atoms with Crippen LogP contribution >= 0.6 is 0 Å². The lowest BCUT2D eigenvalue weighted by Crippen LogP contribution is -2.32. The van der Waals surface area contributed by atoms with Crippen LogP contribution in [0.25, 0.3) is 23.4 Å². The van der Waals surface area contributed by atoms with Crippen LogP contribution in [-0.4, -0.2) is 31.3 Å². The number of carbonyl (C=O) groups is 1. The molecule has 0 fully saturated rings. The van der Waals surface area contributed by atoms with Gasteiger partial charge in [-0.25, -0.2) is 9.37 Å². The maximum Gasteiger partial charge on any atom is 0.273 e. The molecule has 0 aliphatic carbocycles. The molecule has 31 heavy (non-hydrogen) atoms. The second-order valence-electron chi connectivity index (χ2n) is 6.94. The zero-order valence-electron chi connectivity index (χ0n) is 17.7. The third-order valence-corrected chi connectivity index (χ3v) is 4.91. The van der Waals surface area contributed by atoms with Gasteiger partial charge in [-0.2, -0.15) is 0 Å². The molecule has 0 aliphatic rings. The molecule has 3 aromatic rings. The Balaban J connectivity index is 1.77. The number of ether oxygens (including phenoxy) is 1. The van der Waals surface area contributed by atoms with Crippen LogP contribution in [0.1, 0.15) is 28.5 Å². The van der Waals surface area contributed by atoms with Crippen LogP contribution in [0, 0.1) is 6.92 Å². The van der Waals surface area contributed by atoms with Gasteiger partial charge in [0, 0.05) is 28.7 Å². The van der Waals surface area contributed by atoms with Crippen molar-refractivity contribution >= 4 is 24.7 Å². The molecule has 6 nitrogen and oxygen atoms in total. The molecule has 0 atom stereocenters. The molecule has 7 heteroatoms. The van der Waals surface area contributed by atoms with Crippen molar-refractivity contribution in [2.45, 2.75) is 20.3 Å². The zero-order chi connectivity index (χ0) is 22.4. The van der Waals surface area contributed by atoms with Crippen molar-refractivity contribution in [1.82, 2.24) is 10.3 Å². The Hall–Kier alpha value is -3.74. The highest BCUT2D eigenvalue weighted by molar-refractivity contribution is 5.97. The summed E-state index contributed by atoms with van der Waals surface area (Å²) in [5, 5.41) is 3.97. The van der Waals surface area contributed by atoms with E-state index >= 15 is 0 Å². The van der Waals surface area contributed by atoms with Gasteiger partial charge in [0.1, 0.15) is 11.6 Å². The quantitative estimate of drug-likeness (QED) is 0.595. The van der Waals surface area contributed by atoms with Gasteiger partial charge in [-0.05, 0) is 56.3 Å². The molecule has 0 bridgehead atoms. The fraction of sp³-hybridized carbons (Fsp3) is 0.208. The molecule has 160 valence electrons. The van der Waals surface area contributed by atoms with Crippen LogP contribution in [0.2, 0.25) is 0 Å². The molecule has 0 saturated heterocycles. The third-order valence-electron chi connectivity index (χ3n) is 4.91. The predicted molar refractivity (Wildman–Crippen MR) is 119 cm³/mol. The summed E-state index contributed by atoms with van der Waals surface area (Å²) in [6, 6.07) is 10.8. The highest BCUT2D eigenvalue weighted by Crippen LogP contribution is 2.28. The minimum Gasteiger partial charge on any atom is -0.496 e. The van der Waals surface area contributed by atoms with E-state index in [4.69, 9.17) is 9.15 Å². The highest BCUT2D eigenvalue weighted by Gasteiger charge is 2.18. The van der Waals surface area contributed by atoms with Crippen molar-refractivity contribution in [2.75, 3.05) is 13.7 Å². The monoisotopic (exact) mass is 421 g/mol. The number of nitrogens with one attached hydrogen (secondary N) is 1. The fourth-order valence-corrected chi connectivity index (χ4v) is 3.40. The van der Waals surface area contributed by atoms with Crippen molar-refractivity contribution in [1.29, 1.82) is 0 Å². The first-order valence-electron chi connectivity index (χ1n) is 9.73. The number of halogens is 1. The lowest BCUT2D eigenvalue weighted by molar-refractivity contribution is 0.0950. The van der Waals surface area contributed by atoms with Crippen LogP contribution in [-0.2, 0) is 6.42 Å². The normalized spacial score (nSPS) is 12.5. The minimum atomic E-state index is -0.353. The van der Waals surface area contributed by atoms with E-state index in [-0.39, 0.29) is 17.4 Å². The maximum atomic E-state index is 13.9. The van der Waals surface area contributed by atoms with Crippen molar-refractivity contribution in [3.63, 3.8) is 0 Å². The number of aliphatic imine (C=N–C) groups is 1. The molecule has 1 amide bonds. The largest absolute Gasteiger partial charge is 0.496 e. The number of benzene rings is 2. The molecule has 0 saturated carbocycles. The molecular weight excluding hydrogens is 397 g/mol. The number of nitrogens with zero attached hydrogens (tertiary/aromatic N) is 2. The summed E-state index contributed by atoms with van der Waals surface area (Å²) in [5.41, 5.74) is 2.71. The smallest absolute Gasteiger partial charge is 0.273 e. The maximum absolute atomic E-state index is 13.9. The Morgan fingerprint density at radius 2 is 2.16 bits per heavy atom. The zero-order valence-corrected chi connectivity index (χ0v) is 17.7. The Kier molecular flexibility index (Phi) is 6.97. The summed E-state index contributed by atoms with van der Waals surface area (Å²) in [7, 11) is 1.60. The van der Waals surface area contributed by atoms with Crippen LogP contribution < -0.4 is 20.5 Å². The number of methoxy groups -OCH3 is 1. The Bertz CT molecular complexity index is 1230. The number of hydrogen-bond donors (Lipinski definition) is 1. The molecule has 2 aromatic carbocycles. The standard InChI is InChI=1S/C24H24FN3O3/c1-15-12-18(8-9-21(15)30-4)23-22(28-14-31-23)24(29)27-11-10-17-6-5-7-19(16(2)25)20(17)13-26-3/h5-9,12-14H,3,10-11H2,1-2,4H3,(H,27,29)/b19-16+,20-13-. The Morgan fingerprint density at radius 3 is 2.84 bits per heavy atom. The topological polar surface area (TPSA) is 76.7 Å². The second-order valence-corrected chi connectivity index (χ2v) is 6.94. The summed E-state index contributed by atoms with van der Waals surface area (Å²) in [6.45, 7) is 7.10. The van der Waals surface area contributed by atoms with E-state index in [9.17, 15) is 9.18 Å². The van der Waals surface area contributed by atoms with E-state index in [0.29, 0.717) is 29.2 Å². The third kappa shape index (κ3) is 4.88. The van der Waals surface area contributed by atoms with Gasteiger partial charge in [0.25, 0.3) is 5.91 Å². The van der Waals surface area contributed by atoms with Gasteiger partial charge < -0.3 is 14.5 Å². The molecular formula is C24H24FN3O3. The first-order chi connectivity index (χ1) is 15.0. The molecule has 1 aromatic heterocycles. The summed E-state index contributed by atoms with van der Waals surface area (Å²) in [6.07, 6.45) is 3.26. The van der Waals surface area contributed by atoms with E-state index < -0.39 is 0 Å². The molecule has 0 spiro atoms. The van der Waals surface area contributed by atoms with Gasteiger partial charge in [0.05, 0.1) is 7.11 Å². The van der Waals surface area contributed by atoms with Crippen molar-refractivity contribution < 1.29 is 18.3 Å². The van der Waals surface area contributed by atoms with Gasteiger partial charge >= 0.3 is 0 Å². The summed E-state index contributed by atoms with van der Waals surface area (Å²) in [5.74, 6) is 0.480. The lowest BCUT2D eigenvalue weighted by Gasteiger charge is -2.08. The Labute approximate surface area is 179 Å². The van der Waals surface area contributed by atoms with Gasteiger partial charge in [0.15, 0.2) is 17.8 Å². The summed E-state index contributed by atoms with van der Waals surface area (Å²) in [4.78, 5) is 20.6. The van der Waals surface area contributed by atoms with Crippen molar-refractivity contribution in [3.05, 3.63) is 70.0 Å². The first kappa shape index (κ1) is 22.0. The van der Waals surface area contributed by atoms with Gasteiger partial charge in [-0.1, -0.05) is 18.2 Å². The molecule has 1 N–H and O–H groups in total. The Morgan fingerprint density at radius 1 is 1.35 bits per heavy atom. The number of aryl methyl sites for hydroxylation is 1. The van der Waals surface area contributed by atoms with E-state index in [2.05, 4.69) is 22.0 Å². The van der Waals surface area contributed by atoms with Crippen LogP contribution in [0.15, 0.2) is 52.2 Å². The molecule has 3 rings (SSSR count). The number of rotatable bonds is 7. The van der Waals surface area contributed by atoms with Gasteiger partial charge in [0.2, 0.25) is 0 Å². The number of carbonyl (C=O) groups excluding carboxylic acids is 1. The lowest BCUT2D eigenvalue weighted by atomic mass is 10.1. The van der Waals surface area contributed by atoms with E-state index in [1.54, 1.807) is 19.2 Å². The second kappa shape index (κ2) is 9.84. The molecule has 0 aliphatic heterocycles. The fourth-order valence-electron chi connectivity index (χ4n) is 3.40. The van der Waals surface area contributed by atoms with Gasteiger partial charge in [-0.3, -0.25) is 9.79 Å². The predicted octanol–water partition coefficient (Wildman–Crippen LogP) is 3.17. The average Bonchev–Trinajstić information content (AvgIpc) is 3.24. The van der Waals surface area contributed by atoms with Crippen LogP contribution in [0.4, 0.5) is 4.39 Å². The van der Waals surface area contributed by atoms with Crippen LogP contribution in [0.5, 0.6) is 5.75 Å². The van der Waals surface area contributed by atoms with E-state index in [1.807, 2.05) is 31.2 Å². The highest BCUT2D eigenvalue weighted by atomic mass is 19.1. The minimum absolute atomic E-state index is 0.200. The number of hydrogen-bond acceptors (Lipinski definition) is 5. The number of amides is 1. The first-order valence-corrected chi connectivity index (χ1v) is 9.73. The molecule has 0 unspecified atom stereocenters. The summed E-state index contributed by atoms with van der Waals surface area (Å²) >= 11 is 0. The van der Waals surface area contributed by atoms with Crippen molar-refractivity contribution in [2.24, 2.45) is 4.99 Å².